The Balaban J connectivity index is 2.27. The van der Waals surface area contributed by atoms with Crippen LogP contribution in [0.3, 0.4) is 0 Å². The van der Waals surface area contributed by atoms with Crippen molar-refractivity contribution in [3.63, 3.8) is 0 Å². The minimum atomic E-state index is -0.511. The number of methoxy groups -OCH3 is 3. The van der Waals surface area contributed by atoms with E-state index in [-0.39, 0.29) is 12.7 Å². The second kappa shape index (κ2) is 13.0. The molecule has 0 spiro atoms. The predicted octanol–water partition coefficient (Wildman–Crippen LogP) is 2.13. The molecule has 0 saturated heterocycles. The Bertz CT molecular complexity index is 938. The van der Waals surface area contributed by atoms with Crippen LogP contribution in [0.2, 0.25) is 0 Å². The van der Waals surface area contributed by atoms with Crippen LogP contribution >= 0.6 is 11.3 Å². The molecule has 0 N–H and O–H groups in total. The van der Waals surface area contributed by atoms with Crippen molar-refractivity contribution < 1.29 is 23.7 Å². The third-order valence-corrected chi connectivity index (χ3v) is 5.43. The Hall–Kier alpha value is -2.56. The molecule has 9 nitrogen and oxygen atoms in total. The van der Waals surface area contributed by atoms with E-state index in [2.05, 4.69) is 15.1 Å². The molecule has 1 unspecified atom stereocenters. The molecule has 0 saturated carbocycles. The average Bonchev–Trinajstić information content (AvgIpc) is 3.17. The van der Waals surface area contributed by atoms with Crippen molar-refractivity contribution in [2.75, 3.05) is 41.8 Å². The molecule has 0 aliphatic carbocycles. The van der Waals surface area contributed by atoms with Crippen molar-refractivity contribution in [1.29, 1.82) is 0 Å². The lowest BCUT2D eigenvalue weighted by Gasteiger charge is -2.13. The number of aliphatic imine (C=N–C) groups is 1. The summed E-state index contributed by atoms with van der Waals surface area (Å²) in [6, 6.07) is 5.53. The smallest absolute Gasteiger partial charge is 0.257 e. The van der Waals surface area contributed by atoms with Crippen LogP contribution in [0.25, 0.3) is 0 Å². The lowest BCUT2D eigenvalue weighted by Crippen LogP contribution is -2.24. The van der Waals surface area contributed by atoms with Gasteiger partial charge in [0.05, 0.1) is 26.2 Å². The molecule has 2 aromatic rings. The van der Waals surface area contributed by atoms with Crippen molar-refractivity contribution in [2.45, 2.75) is 26.3 Å². The molecule has 0 bridgehead atoms. The molecule has 1 atom stereocenters. The van der Waals surface area contributed by atoms with Gasteiger partial charge >= 0.3 is 0 Å². The van der Waals surface area contributed by atoms with Gasteiger partial charge in [0.2, 0.25) is 4.80 Å². The quantitative estimate of drug-likeness (QED) is 0.363. The van der Waals surface area contributed by atoms with Gasteiger partial charge in [-0.1, -0.05) is 24.3 Å². The van der Waals surface area contributed by atoms with Gasteiger partial charge < -0.3 is 23.9 Å². The SMILES string of the molecule is CCc1nn(CCOC)c(=NC(=O)C(C=NC)Cc2ccc(OCOC)c(OC)c2)s1. The van der Waals surface area contributed by atoms with E-state index in [4.69, 9.17) is 18.9 Å². The Labute approximate surface area is 186 Å². The Kier molecular flexibility index (Phi) is 10.3. The van der Waals surface area contributed by atoms with Gasteiger partial charge in [-0.15, -0.1) is 0 Å². The third-order valence-electron chi connectivity index (χ3n) is 4.34. The number of aryl methyl sites for hydroxylation is 1. The number of amides is 1. The van der Waals surface area contributed by atoms with Crippen LogP contribution in [-0.4, -0.2) is 63.7 Å². The van der Waals surface area contributed by atoms with E-state index in [0.717, 1.165) is 17.0 Å². The summed E-state index contributed by atoms with van der Waals surface area (Å²) in [5.41, 5.74) is 0.904. The molecule has 10 heteroatoms. The Morgan fingerprint density at radius 1 is 1.26 bits per heavy atom. The topological polar surface area (TPSA) is 96.5 Å². The van der Waals surface area contributed by atoms with Gasteiger partial charge in [-0.05, 0) is 30.5 Å². The van der Waals surface area contributed by atoms with Crippen molar-refractivity contribution in [1.82, 2.24) is 9.78 Å². The number of ether oxygens (including phenoxy) is 4. The zero-order valence-corrected chi connectivity index (χ0v) is 19.5. The molecule has 31 heavy (non-hydrogen) atoms. The van der Waals surface area contributed by atoms with E-state index < -0.39 is 5.92 Å². The number of carbonyl (C=O) groups is 1. The first kappa shape index (κ1) is 24.7. The van der Waals surface area contributed by atoms with E-state index in [9.17, 15) is 4.79 Å². The number of hydrogen-bond acceptors (Lipinski definition) is 8. The number of carbonyl (C=O) groups excluding carboxylic acids is 1. The summed E-state index contributed by atoms with van der Waals surface area (Å²) >= 11 is 1.41. The molecule has 2 rings (SSSR count). The third kappa shape index (κ3) is 7.27. The Morgan fingerprint density at radius 3 is 2.71 bits per heavy atom. The normalized spacial score (nSPS) is 13.0. The van der Waals surface area contributed by atoms with Crippen LogP contribution in [-0.2, 0) is 33.7 Å². The zero-order valence-electron chi connectivity index (χ0n) is 18.7. The maximum atomic E-state index is 13.0. The average molecular weight is 451 g/mol. The van der Waals surface area contributed by atoms with Crippen LogP contribution in [0, 0.1) is 5.92 Å². The lowest BCUT2D eigenvalue weighted by atomic mass is 9.99. The van der Waals surface area contributed by atoms with E-state index >= 15 is 0 Å². The number of hydrogen-bond donors (Lipinski definition) is 0. The van der Waals surface area contributed by atoms with Crippen LogP contribution < -0.4 is 14.3 Å². The highest BCUT2D eigenvalue weighted by Gasteiger charge is 2.18. The fourth-order valence-electron chi connectivity index (χ4n) is 2.80. The summed E-state index contributed by atoms with van der Waals surface area (Å²) in [6.45, 7) is 3.16. The van der Waals surface area contributed by atoms with Gasteiger partial charge in [0.25, 0.3) is 5.91 Å². The maximum Gasteiger partial charge on any atom is 0.257 e. The van der Waals surface area contributed by atoms with E-state index in [0.29, 0.717) is 35.9 Å². The van der Waals surface area contributed by atoms with Crippen LogP contribution in [0.5, 0.6) is 11.5 Å². The van der Waals surface area contributed by atoms with E-state index in [1.807, 2.05) is 19.1 Å². The molecule has 0 fully saturated rings. The molecule has 1 aromatic carbocycles. The first-order chi connectivity index (χ1) is 15.1. The highest BCUT2D eigenvalue weighted by molar-refractivity contribution is 7.08. The zero-order chi connectivity index (χ0) is 22.6. The lowest BCUT2D eigenvalue weighted by molar-refractivity contribution is -0.119. The number of benzene rings is 1. The van der Waals surface area contributed by atoms with Gasteiger partial charge in [-0.3, -0.25) is 4.79 Å². The van der Waals surface area contributed by atoms with Gasteiger partial charge in [-0.25, -0.2) is 4.68 Å². The number of aromatic nitrogens is 2. The summed E-state index contributed by atoms with van der Waals surface area (Å²) < 4.78 is 22.7. The summed E-state index contributed by atoms with van der Waals surface area (Å²) in [5.74, 6) is 0.351. The molecule has 1 aromatic heterocycles. The largest absolute Gasteiger partial charge is 0.493 e. The minimum Gasteiger partial charge on any atom is -0.493 e. The predicted molar refractivity (Wildman–Crippen MR) is 119 cm³/mol. The van der Waals surface area contributed by atoms with Crippen molar-refractivity contribution >= 4 is 23.5 Å². The first-order valence-electron chi connectivity index (χ1n) is 9.91. The molecule has 1 amide bonds. The Morgan fingerprint density at radius 2 is 2.06 bits per heavy atom. The van der Waals surface area contributed by atoms with Gasteiger partial charge in [0, 0.05) is 27.5 Å². The second-order valence-corrected chi connectivity index (χ2v) is 7.59. The van der Waals surface area contributed by atoms with Crippen molar-refractivity contribution in [3.8, 4) is 11.5 Å². The maximum absolute atomic E-state index is 13.0. The van der Waals surface area contributed by atoms with Crippen molar-refractivity contribution in [3.05, 3.63) is 33.6 Å². The molecule has 0 aliphatic heterocycles. The van der Waals surface area contributed by atoms with Crippen LogP contribution in [0.4, 0.5) is 0 Å². The minimum absolute atomic E-state index is 0.121. The monoisotopic (exact) mass is 450 g/mol. The van der Waals surface area contributed by atoms with Gasteiger partial charge in [0.1, 0.15) is 5.01 Å². The highest BCUT2D eigenvalue weighted by Crippen LogP contribution is 2.29. The van der Waals surface area contributed by atoms with Gasteiger partial charge in [0.15, 0.2) is 18.3 Å². The van der Waals surface area contributed by atoms with Crippen LogP contribution in [0.15, 0.2) is 28.2 Å². The summed E-state index contributed by atoms with van der Waals surface area (Å²) in [6.07, 6.45) is 2.82. The summed E-state index contributed by atoms with van der Waals surface area (Å²) in [5, 5.41) is 5.42. The van der Waals surface area contributed by atoms with E-state index in [1.165, 1.54) is 11.3 Å². The fraction of sp³-hybridized carbons (Fsp3) is 0.524. The fourth-order valence-corrected chi connectivity index (χ4v) is 3.67. The molecule has 0 radical (unpaired) electrons. The standard InChI is InChI=1S/C21H30N4O5S/c1-6-19-24-25(9-10-27-3)21(31-19)23-20(26)16(13-22-2)11-15-7-8-17(30-14-28-4)18(12-15)29-5/h7-8,12-13,16H,6,9-11,14H2,1-5H3. The molecular formula is C21H30N4O5S. The van der Waals surface area contributed by atoms with Crippen LogP contribution in [0.1, 0.15) is 17.5 Å². The second-order valence-electron chi connectivity index (χ2n) is 6.55. The van der Waals surface area contributed by atoms with E-state index in [1.54, 1.807) is 45.3 Å². The molecule has 170 valence electrons. The summed E-state index contributed by atoms with van der Waals surface area (Å²) in [4.78, 5) is 22.0. The highest BCUT2D eigenvalue weighted by atomic mass is 32.1. The van der Waals surface area contributed by atoms with Gasteiger partial charge in [-0.2, -0.15) is 10.1 Å². The molecular weight excluding hydrogens is 420 g/mol. The molecule has 0 aliphatic rings. The number of nitrogens with zero attached hydrogens (tertiary/aromatic N) is 4. The summed E-state index contributed by atoms with van der Waals surface area (Å²) in [7, 11) is 6.39. The molecule has 1 heterocycles. The number of rotatable bonds is 12. The van der Waals surface area contributed by atoms with Crippen molar-refractivity contribution in [2.24, 2.45) is 15.9 Å². The first-order valence-corrected chi connectivity index (χ1v) is 10.7.